The highest BCUT2D eigenvalue weighted by Gasteiger charge is 2.29. The van der Waals surface area contributed by atoms with Crippen molar-refractivity contribution in [3.8, 4) is 0 Å². The Labute approximate surface area is 253 Å². The molecule has 0 saturated heterocycles. The Balaban J connectivity index is 1.52. The van der Waals surface area contributed by atoms with Crippen molar-refractivity contribution >= 4 is 50.2 Å². The number of benzene rings is 3. The Hall–Kier alpha value is -4.54. The number of carboxylic acid groups (broad SMARTS) is 1. The van der Waals surface area contributed by atoms with Crippen LogP contribution in [-0.4, -0.2) is 36.8 Å². The maximum atomic E-state index is 14.1. The number of aryl methyl sites for hydroxylation is 1. The highest BCUT2D eigenvalue weighted by atomic mass is 35.5. The number of carboxylic acids is 1. The SMILES string of the molecule is CCN(c1ccc(Cl)cc1CN(Cc1ccco1)C(=O)Cc1ccccc1)S(=O)(=O)c1ccc2oc(C(=O)O)c(C)c2c1. The number of sulfonamides is 1. The zero-order valence-electron chi connectivity index (χ0n) is 23.5. The number of halogens is 1. The summed E-state index contributed by atoms with van der Waals surface area (Å²) in [6.07, 6.45) is 1.68. The fourth-order valence-corrected chi connectivity index (χ4v) is 6.73. The van der Waals surface area contributed by atoms with E-state index in [9.17, 15) is 23.1 Å². The average molecular weight is 621 g/mol. The van der Waals surface area contributed by atoms with Crippen LogP contribution in [0.1, 0.15) is 39.9 Å². The molecule has 1 amide bonds. The van der Waals surface area contributed by atoms with E-state index in [4.69, 9.17) is 20.4 Å². The number of anilines is 1. The molecule has 3 aromatic carbocycles. The predicted molar refractivity (Wildman–Crippen MR) is 163 cm³/mol. The van der Waals surface area contributed by atoms with Gasteiger partial charge in [-0.05, 0) is 73.5 Å². The van der Waals surface area contributed by atoms with Crippen molar-refractivity contribution in [1.82, 2.24) is 4.90 Å². The van der Waals surface area contributed by atoms with E-state index in [2.05, 4.69) is 0 Å². The summed E-state index contributed by atoms with van der Waals surface area (Å²) in [4.78, 5) is 26.7. The number of carbonyl (C=O) groups excluding carboxylic acids is 1. The number of nitrogens with zero attached hydrogens (tertiary/aromatic N) is 2. The molecule has 0 aliphatic carbocycles. The second kappa shape index (κ2) is 12.4. The molecule has 0 radical (unpaired) electrons. The van der Waals surface area contributed by atoms with Gasteiger partial charge in [0.1, 0.15) is 11.3 Å². The molecule has 0 spiro atoms. The van der Waals surface area contributed by atoms with E-state index >= 15 is 0 Å². The minimum Gasteiger partial charge on any atom is -0.475 e. The molecule has 0 bridgehead atoms. The lowest BCUT2D eigenvalue weighted by Gasteiger charge is -2.28. The van der Waals surface area contributed by atoms with Gasteiger partial charge in [-0.3, -0.25) is 9.10 Å². The van der Waals surface area contributed by atoms with Crippen molar-refractivity contribution in [1.29, 1.82) is 0 Å². The molecule has 0 aliphatic heterocycles. The van der Waals surface area contributed by atoms with E-state index in [-0.39, 0.29) is 48.2 Å². The Bertz CT molecular complexity index is 1880. The first-order valence-electron chi connectivity index (χ1n) is 13.5. The van der Waals surface area contributed by atoms with Crippen molar-refractivity contribution in [3.05, 3.63) is 118 Å². The summed E-state index contributed by atoms with van der Waals surface area (Å²) in [6, 6.07) is 22.0. The van der Waals surface area contributed by atoms with Crippen molar-refractivity contribution in [3.63, 3.8) is 0 Å². The monoisotopic (exact) mass is 620 g/mol. The van der Waals surface area contributed by atoms with E-state index < -0.39 is 16.0 Å². The van der Waals surface area contributed by atoms with Gasteiger partial charge in [-0.1, -0.05) is 41.9 Å². The van der Waals surface area contributed by atoms with Gasteiger partial charge in [0.25, 0.3) is 10.0 Å². The summed E-state index contributed by atoms with van der Waals surface area (Å²) >= 11 is 6.39. The van der Waals surface area contributed by atoms with Crippen LogP contribution in [0.25, 0.3) is 11.0 Å². The van der Waals surface area contributed by atoms with E-state index in [1.165, 1.54) is 28.8 Å². The summed E-state index contributed by atoms with van der Waals surface area (Å²) in [5.74, 6) is -1.07. The third kappa shape index (κ3) is 6.30. The lowest BCUT2D eigenvalue weighted by molar-refractivity contribution is -0.132. The maximum absolute atomic E-state index is 14.1. The minimum absolute atomic E-state index is 0.0313. The first-order chi connectivity index (χ1) is 20.6. The smallest absolute Gasteiger partial charge is 0.372 e. The number of furan rings is 2. The van der Waals surface area contributed by atoms with Crippen LogP contribution in [0.2, 0.25) is 5.02 Å². The first-order valence-corrected chi connectivity index (χ1v) is 15.3. The van der Waals surface area contributed by atoms with Gasteiger partial charge in [0.2, 0.25) is 11.7 Å². The Kier molecular flexibility index (Phi) is 8.61. The number of rotatable bonds is 11. The number of fused-ring (bicyclic) bond motifs is 1. The molecular formula is C32H29ClN2O7S. The van der Waals surface area contributed by atoms with E-state index in [0.29, 0.717) is 33.0 Å². The molecule has 0 saturated carbocycles. The summed E-state index contributed by atoms with van der Waals surface area (Å²) in [5, 5.41) is 10.2. The molecule has 5 aromatic rings. The van der Waals surface area contributed by atoms with Gasteiger partial charge >= 0.3 is 5.97 Å². The molecule has 0 fully saturated rings. The normalized spacial score (nSPS) is 11.5. The van der Waals surface area contributed by atoms with Crippen LogP contribution >= 0.6 is 11.6 Å². The summed E-state index contributed by atoms with van der Waals surface area (Å²) in [7, 11) is -4.13. The topological polar surface area (TPSA) is 121 Å². The average Bonchev–Trinajstić information content (AvgIpc) is 3.62. The molecule has 0 atom stereocenters. The molecule has 0 unspecified atom stereocenters. The standard InChI is InChI=1S/C32H29ClN2O7S/c1-3-35(43(39,40)26-12-14-29-27(18-26)21(2)31(42-29)32(37)38)28-13-11-24(33)17-23(28)19-34(20-25-10-7-15-41-25)30(36)16-22-8-5-4-6-9-22/h4-15,17-18H,3,16,19-20H2,1-2H3,(H,37,38). The van der Waals surface area contributed by atoms with Gasteiger partial charge in [0.15, 0.2) is 0 Å². The Morgan fingerprint density at radius 3 is 2.40 bits per heavy atom. The zero-order valence-corrected chi connectivity index (χ0v) is 25.1. The van der Waals surface area contributed by atoms with Crippen LogP contribution in [0.15, 0.2) is 98.9 Å². The number of hydrogen-bond acceptors (Lipinski definition) is 6. The molecule has 2 aromatic heterocycles. The third-order valence-electron chi connectivity index (χ3n) is 7.13. The van der Waals surface area contributed by atoms with E-state index in [0.717, 1.165) is 5.56 Å². The number of aromatic carboxylic acids is 1. The van der Waals surface area contributed by atoms with E-state index in [1.54, 1.807) is 49.1 Å². The van der Waals surface area contributed by atoms with Gasteiger partial charge in [-0.25, -0.2) is 13.2 Å². The predicted octanol–water partition coefficient (Wildman–Crippen LogP) is 6.67. The molecule has 11 heteroatoms. The van der Waals surface area contributed by atoms with Gasteiger partial charge < -0.3 is 18.8 Å². The molecular weight excluding hydrogens is 592 g/mol. The molecule has 2 heterocycles. The van der Waals surface area contributed by atoms with Crippen molar-refractivity contribution in [2.75, 3.05) is 10.8 Å². The number of amides is 1. The second-order valence-corrected chi connectivity index (χ2v) is 12.3. The Morgan fingerprint density at radius 1 is 0.953 bits per heavy atom. The molecule has 9 nitrogen and oxygen atoms in total. The quantitative estimate of drug-likeness (QED) is 0.175. The van der Waals surface area contributed by atoms with Crippen molar-refractivity contribution in [2.45, 2.75) is 38.3 Å². The number of hydrogen-bond donors (Lipinski definition) is 1. The molecule has 5 rings (SSSR count). The van der Waals surface area contributed by atoms with Crippen LogP contribution in [0.4, 0.5) is 5.69 Å². The highest BCUT2D eigenvalue weighted by molar-refractivity contribution is 7.92. The van der Waals surface area contributed by atoms with Gasteiger partial charge in [0, 0.05) is 29.1 Å². The highest BCUT2D eigenvalue weighted by Crippen LogP contribution is 2.33. The lowest BCUT2D eigenvalue weighted by atomic mass is 10.1. The Morgan fingerprint density at radius 2 is 1.72 bits per heavy atom. The summed E-state index contributed by atoms with van der Waals surface area (Å²) in [6.45, 7) is 3.60. The second-order valence-electron chi connectivity index (χ2n) is 9.95. The molecule has 0 aliphatic rings. The van der Waals surface area contributed by atoms with Crippen LogP contribution in [0, 0.1) is 6.92 Å². The van der Waals surface area contributed by atoms with Crippen LogP contribution < -0.4 is 4.31 Å². The fraction of sp³-hybridized carbons (Fsp3) is 0.188. The van der Waals surface area contributed by atoms with Gasteiger partial charge in [-0.2, -0.15) is 0 Å². The van der Waals surface area contributed by atoms with Gasteiger partial charge in [0.05, 0.1) is 29.8 Å². The van der Waals surface area contributed by atoms with Crippen molar-refractivity contribution in [2.24, 2.45) is 0 Å². The summed E-state index contributed by atoms with van der Waals surface area (Å²) in [5.41, 5.74) is 2.34. The molecule has 222 valence electrons. The van der Waals surface area contributed by atoms with Crippen LogP contribution in [-0.2, 0) is 34.3 Å². The van der Waals surface area contributed by atoms with Gasteiger partial charge in [-0.15, -0.1) is 0 Å². The van der Waals surface area contributed by atoms with Crippen LogP contribution in [0.5, 0.6) is 0 Å². The molecule has 43 heavy (non-hydrogen) atoms. The largest absolute Gasteiger partial charge is 0.475 e. The molecule has 1 N–H and O–H groups in total. The number of carbonyl (C=O) groups is 2. The first kappa shape index (κ1) is 29.9. The minimum atomic E-state index is -4.13. The maximum Gasteiger partial charge on any atom is 0.372 e. The van der Waals surface area contributed by atoms with Crippen molar-refractivity contribution < 1.29 is 31.9 Å². The third-order valence-corrected chi connectivity index (χ3v) is 9.25. The zero-order chi connectivity index (χ0) is 30.7. The lowest BCUT2D eigenvalue weighted by Crippen LogP contribution is -2.34. The van der Waals surface area contributed by atoms with Crippen LogP contribution in [0.3, 0.4) is 0 Å². The van der Waals surface area contributed by atoms with E-state index in [1.807, 2.05) is 30.3 Å². The fourth-order valence-electron chi connectivity index (χ4n) is 5.00. The summed E-state index contributed by atoms with van der Waals surface area (Å²) < 4.78 is 40.3.